The lowest BCUT2D eigenvalue weighted by atomic mass is 10.0. The van der Waals surface area contributed by atoms with Crippen molar-refractivity contribution in [1.29, 1.82) is 0 Å². The quantitative estimate of drug-likeness (QED) is 0.579. The number of pyridine rings is 1. The molecule has 3 aliphatic rings. The number of aryl methyl sites for hydroxylation is 2. The van der Waals surface area contributed by atoms with Crippen LogP contribution < -0.4 is 25.4 Å². The molecule has 1 aromatic carbocycles. The molecule has 182 valence electrons. The van der Waals surface area contributed by atoms with Gasteiger partial charge >= 0.3 is 0 Å². The van der Waals surface area contributed by atoms with Crippen molar-refractivity contribution in [2.24, 2.45) is 5.73 Å². The van der Waals surface area contributed by atoms with Gasteiger partial charge < -0.3 is 25.4 Å². The van der Waals surface area contributed by atoms with E-state index in [0.29, 0.717) is 31.3 Å². The number of aromatic nitrogens is 1. The highest BCUT2D eigenvalue weighted by Crippen LogP contribution is 2.37. The smallest absolute Gasteiger partial charge is 0.225 e. The molecule has 1 atom stereocenters. The molecule has 8 heteroatoms. The zero-order chi connectivity index (χ0) is 23.3. The summed E-state index contributed by atoms with van der Waals surface area (Å²) in [6.07, 6.45) is 5.52. The summed E-state index contributed by atoms with van der Waals surface area (Å²) in [4.78, 5) is 21.0. The molecule has 1 amide bonds. The van der Waals surface area contributed by atoms with E-state index in [9.17, 15) is 4.79 Å². The standard InChI is InChI=1S/C26H35N5O3/c27-18-21-9-6-19-4-3-5-22(25(19)34-21)31-15-13-30(14-16-31)12-1-2-17-33-24-11-8-20-7-10-23(32)28-26(20)29-24/h3-5,8,11,21H,1-2,6-7,9-10,12-18,27H2,(H,28,29,32). The van der Waals surface area contributed by atoms with Crippen molar-refractivity contribution in [2.45, 2.75) is 44.6 Å². The molecular weight excluding hydrogens is 430 g/mol. The lowest BCUT2D eigenvalue weighted by Gasteiger charge is -2.38. The van der Waals surface area contributed by atoms with Crippen LogP contribution in [0.25, 0.3) is 0 Å². The van der Waals surface area contributed by atoms with E-state index in [2.05, 4.69) is 38.3 Å². The topological polar surface area (TPSA) is 93.0 Å². The van der Waals surface area contributed by atoms with Crippen molar-refractivity contribution < 1.29 is 14.3 Å². The summed E-state index contributed by atoms with van der Waals surface area (Å²) in [6, 6.07) is 10.4. The molecule has 1 aromatic heterocycles. The summed E-state index contributed by atoms with van der Waals surface area (Å²) in [5.41, 5.74) is 9.47. The van der Waals surface area contributed by atoms with Gasteiger partial charge in [0, 0.05) is 45.2 Å². The van der Waals surface area contributed by atoms with Crippen molar-refractivity contribution in [3.8, 4) is 11.6 Å². The fourth-order valence-corrected chi connectivity index (χ4v) is 4.99. The number of rotatable bonds is 8. The Bertz CT molecular complexity index is 1010. The first-order chi connectivity index (χ1) is 16.7. The summed E-state index contributed by atoms with van der Waals surface area (Å²) in [6.45, 7) is 6.40. The molecule has 8 nitrogen and oxygen atoms in total. The molecule has 0 radical (unpaired) electrons. The van der Waals surface area contributed by atoms with Gasteiger partial charge in [-0.1, -0.05) is 12.1 Å². The molecule has 1 fully saturated rings. The number of nitrogens with one attached hydrogen (secondary N) is 1. The van der Waals surface area contributed by atoms with E-state index in [-0.39, 0.29) is 12.0 Å². The number of nitrogens with two attached hydrogens (primary N) is 1. The van der Waals surface area contributed by atoms with Crippen LogP contribution in [0.3, 0.4) is 0 Å². The molecule has 34 heavy (non-hydrogen) atoms. The molecule has 0 bridgehead atoms. The van der Waals surface area contributed by atoms with Gasteiger partial charge in [0.25, 0.3) is 0 Å². The van der Waals surface area contributed by atoms with Crippen LogP contribution in [0.2, 0.25) is 0 Å². The maximum atomic E-state index is 11.6. The summed E-state index contributed by atoms with van der Waals surface area (Å²) >= 11 is 0. The Morgan fingerprint density at radius 2 is 1.94 bits per heavy atom. The van der Waals surface area contributed by atoms with Crippen molar-refractivity contribution in [2.75, 3.05) is 56.1 Å². The molecular formula is C26H35N5O3. The van der Waals surface area contributed by atoms with Gasteiger partial charge in [0.05, 0.1) is 12.3 Å². The Labute approximate surface area is 201 Å². The first-order valence-electron chi connectivity index (χ1n) is 12.6. The second-order valence-corrected chi connectivity index (χ2v) is 9.37. The zero-order valence-corrected chi connectivity index (χ0v) is 19.8. The van der Waals surface area contributed by atoms with Crippen molar-refractivity contribution >= 4 is 17.4 Å². The third-order valence-electron chi connectivity index (χ3n) is 7.02. The number of unbranched alkanes of at least 4 members (excludes halogenated alkanes) is 1. The number of para-hydroxylation sites is 1. The third kappa shape index (κ3) is 5.28. The highest BCUT2D eigenvalue weighted by Gasteiger charge is 2.25. The van der Waals surface area contributed by atoms with Gasteiger partial charge in [0.1, 0.15) is 17.7 Å². The van der Waals surface area contributed by atoms with Crippen LogP contribution in [-0.2, 0) is 17.6 Å². The second-order valence-electron chi connectivity index (χ2n) is 9.37. The molecule has 3 aliphatic heterocycles. The van der Waals surface area contributed by atoms with Gasteiger partial charge in [0.2, 0.25) is 11.8 Å². The number of ether oxygens (including phenoxy) is 2. The number of carbonyl (C=O) groups is 1. The van der Waals surface area contributed by atoms with Crippen LogP contribution in [-0.4, -0.2) is 67.8 Å². The van der Waals surface area contributed by atoms with Crippen LogP contribution >= 0.6 is 0 Å². The number of benzene rings is 1. The number of carbonyl (C=O) groups excluding carboxylic acids is 1. The number of fused-ring (bicyclic) bond motifs is 2. The minimum atomic E-state index is 0.0247. The first kappa shape index (κ1) is 22.9. The Balaban J connectivity index is 1.04. The number of hydrogen-bond acceptors (Lipinski definition) is 7. The molecule has 4 heterocycles. The average Bonchev–Trinajstić information content (AvgIpc) is 2.88. The van der Waals surface area contributed by atoms with E-state index in [1.54, 1.807) is 0 Å². The minimum absolute atomic E-state index is 0.0247. The first-order valence-corrected chi connectivity index (χ1v) is 12.6. The fraction of sp³-hybridized carbons (Fsp3) is 0.538. The van der Waals surface area contributed by atoms with Gasteiger partial charge in [-0.15, -0.1) is 0 Å². The van der Waals surface area contributed by atoms with E-state index in [4.69, 9.17) is 15.2 Å². The lowest BCUT2D eigenvalue weighted by Crippen LogP contribution is -2.47. The predicted molar refractivity (Wildman–Crippen MR) is 133 cm³/mol. The van der Waals surface area contributed by atoms with Crippen LogP contribution in [0, 0.1) is 0 Å². The lowest BCUT2D eigenvalue weighted by molar-refractivity contribution is -0.116. The van der Waals surface area contributed by atoms with Crippen molar-refractivity contribution in [1.82, 2.24) is 9.88 Å². The molecule has 5 rings (SSSR count). The van der Waals surface area contributed by atoms with Gasteiger partial charge in [-0.3, -0.25) is 9.69 Å². The summed E-state index contributed by atoms with van der Waals surface area (Å²) in [7, 11) is 0. The number of amides is 1. The number of hydrogen-bond donors (Lipinski definition) is 2. The van der Waals surface area contributed by atoms with Gasteiger partial charge in [-0.2, -0.15) is 4.98 Å². The number of nitrogens with zero attached hydrogens (tertiary/aromatic N) is 3. The van der Waals surface area contributed by atoms with Crippen LogP contribution in [0.4, 0.5) is 11.5 Å². The van der Waals surface area contributed by atoms with E-state index in [1.807, 2.05) is 12.1 Å². The van der Waals surface area contributed by atoms with E-state index in [0.717, 1.165) is 76.1 Å². The van der Waals surface area contributed by atoms with Crippen LogP contribution in [0.15, 0.2) is 30.3 Å². The molecule has 0 saturated carbocycles. The van der Waals surface area contributed by atoms with E-state index >= 15 is 0 Å². The Morgan fingerprint density at radius 1 is 1.06 bits per heavy atom. The largest absolute Gasteiger partial charge is 0.487 e. The molecule has 1 unspecified atom stereocenters. The Morgan fingerprint density at radius 3 is 2.79 bits per heavy atom. The van der Waals surface area contributed by atoms with E-state index < -0.39 is 0 Å². The van der Waals surface area contributed by atoms with Crippen LogP contribution in [0.1, 0.15) is 36.8 Å². The summed E-state index contributed by atoms with van der Waals surface area (Å²) < 4.78 is 12.1. The summed E-state index contributed by atoms with van der Waals surface area (Å²) in [5, 5.41) is 2.83. The maximum Gasteiger partial charge on any atom is 0.225 e. The molecule has 0 spiro atoms. The van der Waals surface area contributed by atoms with Gasteiger partial charge in [0.15, 0.2) is 0 Å². The number of piperazine rings is 1. The molecule has 3 N–H and O–H groups in total. The maximum absolute atomic E-state index is 11.6. The number of anilines is 2. The minimum Gasteiger partial charge on any atom is -0.487 e. The van der Waals surface area contributed by atoms with E-state index in [1.165, 1.54) is 11.3 Å². The Kier molecular flexibility index (Phi) is 7.16. The monoisotopic (exact) mass is 465 g/mol. The van der Waals surface area contributed by atoms with Crippen LogP contribution in [0.5, 0.6) is 11.6 Å². The fourth-order valence-electron chi connectivity index (χ4n) is 4.99. The molecule has 0 aliphatic carbocycles. The zero-order valence-electron chi connectivity index (χ0n) is 19.8. The van der Waals surface area contributed by atoms with Crippen molar-refractivity contribution in [3.63, 3.8) is 0 Å². The second kappa shape index (κ2) is 10.6. The SMILES string of the molecule is NCC1CCc2cccc(N3CCN(CCCCOc4ccc5c(n4)NC(=O)CC5)CC3)c2O1. The van der Waals surface area contributed by atoms with Gasteiger partial charge in [-0.05, 0) is 61.9 Å². The highest BCUT2D eigenvalue weighted by molar-refractivity contribution is 5.92. The highest BCUT2D eigenvalue weighted by atomic mass is 16.5. The normalized spacial score (nSPS) is 20.2. The Hall–Kier alpha value is -2.84. The van der Waals surface area contributed by atoms with Gasteiger partial charge in [-0.25, -0.2) is 0 Å². The average molecular weight is 466 g/mol. The third-order valence-corrected chi connectivity index (χ3v) is 7.02. The van der Waals surface area contributed by atoms with Crippen molar-refractivity contribution in [3.05, 3.63) is 41.5 Å². The predicted octanol–water partition coefficient (Wildman–Crippen LogP) is 2.60. The molecule has 1 saturated heterocycles. The molecule has 2 aromatic rings. The summed E-state index contributed by atoms with van der Waals surface area (Å²) in [5.74, 6) is 2.30.